The maximum atomic E-state index is 11.2. The number of ether oxygens (including phenoxy) is 2. The van der Waals surface area contributed by atoms with Crippen LogP contribution in [0.1, 0.15) is 19.8 Å². The minimum Gasteiger partial charge on any atom is -0.480 e. The van der Waals surface area contributed by atoms with Crippen LogP contribution >= 0.6 is 0 Å². The Hall–Kier alpha value is -1.14. The summed E-state index contributed by atoms with van der Waals surface area (Å²) in [5.41, 5.74) is -0.865. The van der Waals surface area contributed by atoms with Crippen molar-refractivity contribution < 1.29 is 24.2 Å². The van der Waals surface area contributed by atoms with Crippen molar-refractivity contribution in [2.24, 2.45) is 0 Å². The molecule has 0 radical (unpaired) electrons. The molecule has 0 spiro atoms. The predicted molar refractivity (Wildman–Crippen MR) is 55.0 cm³/mol. The average molecular weight is 231 g/mol. The SMILES string of the molecule is COC1(C(NC(C)=O)C(=O)O)CCOCC1. The fourth-order valence-corrected chi connectivity index (χ4v) is 1.95. The molecule has 6 heteroatoms. The number of carboxylic acids is 1. The van der Waals surface area contributed by atoms with Gasteiger partial charge >= 0.3 is 5.97 Å². The van der Waals surface area contributed by atoms with Crippen molar-refractivity contribution in [2.75, 3.05) is 20.3 Å². The molecular weight excluding hydrogens is 214 g/mol. The van der Waals surface area contributed by atoms with Crippen LogP contribution in [0.15, 0.2) is 0 Å². The molecule has 1 aliphatic heterocycles. The van der Waals surface area contributed by atoms with E-state index in [9.17, 15) is 9.59 Å². The number of aliphatic carboxylic acids is 1. The summed E-state index contributed by atoms with van der Waals surface area (Å²) in [6, 6.07) is -1.03. The normalized spacial score (nSPS) is 21.1. The highest BCUT2D eigenvalue weighted by atomic mass is 16.5. The lowest BCUT2D eigenvalue weighted by atomic mass is 9.86. The molecule has 1 heterocycles. The van der Waals surface area contributed by atoms with Gasteiger partial charge in [0.1, 0.15) is 5.60 Å². The largest absolute Gasteiger partial charge is 0.480 e. The summed E-state index contributed by atoms with van der Waals surface area (Å²) in [7, 11) is 1.46. The summed E-state index contributed by atoms with van der Waals surface area (Å²) in [4.78, 5) is 22.2. The van der Waals surface area contributed by atoms with Gasteiger partial charge in [-0.15, -0.1) is 0 Å². The van der Waals surface area contributed by atoms with Crippen molar-refractivity contribution in [3.8, 4) is 0 Å². The number of rotatable bonds is 4. The Labute approximate surface area is 93.9 Å². The van der Waals surface area contributed by atoms with Gasteiger partial charge in [0.15, 0.2) is 6.04 Å². The molecule has 0 aromatic rings. The van der Waals surface area contributed by atoms with Gasteiger partial charge in [-0.2, -0.15) is 0 Å². The van der Waals surface area contributed by atoms with E-state index in [1.807, 2.05) is 0 Å². The topological polar surface area (TPSA) is 84.9 Å². The molecule has 1 amide bonds. The maximum absolute atomic E-state index is 11.2. The minimum absolute atomic E-state index is 0.379. The third-order valence-corrected chi connectivity index (χ3v) is 2.87. The number of carbonyl (C=O) groups is 2. The zero-order valence-electron chi connectivity index (χ0n) is 9.49. The Kier molecular flexibility index (Phi) is 4.26. The van der Waals surface area contributed by atoms with Crippen LogP contribution in [0.25, 0.3) is 0 Å². The Morgan fingerprint density at radius 3 is 2.38 bits per heavy atom. The highest BCUT2D eigenvalue weighted by Gasteiger charge is 2.45. The van der Waals surface area contributed by atoms with Crippen molar-refractivity contribution in [3.05, 3.63) is 0 Å². The van der Waals surface area contributed by atoms with Crippen molar-refractivity contribution in [3.63, 3.8) is 0 Å². The standard InChI is InChI=1S/C10H17NO5/c1-7(12)11-8(9(13)14)10(15-2)3-5-16-6-4-10/h8H,3-6H2,1-2H3,(H,11,12)(H,13,14). The summed E-state index contributed by atoms with van der Waals surface area (Å²) in [5.74, 6) is -1.46. The smallest absolute Gasteiger partial charge is 0.329 e. The van der Waals surface area contributed by atoms with E-state index in [-0.39, 0.29) is 5.91 Å². The van der Waals surface area contributed by atoms with E-state index in [0.717, 1.165) is 0 Å². The third-order valence-electron chi connectivity index (χ3n) is 2.87. The number of amides is 1. The van der Waals surface area contributed by atoms with Crippen molar-refractivity contribution in [1.82, 2.24) is 5.32 Å². The summed E-state index contributed by atoms with van der Waals surface area (Å²) in [6.45, 7) is 2.17. The second kappa shape index (κ2) is 5.27. The molecule has 1 saturated heterocycles. The van der Waals surface area contributed by atoms with Crippen LogP contribution in [0.3, 0.4) is 0 Å². The van der Waals surface area contributed by atoms with Crippen LogP contribution in [0.2, 0.25) is 0 Å². The number of hydrogen-bond donors (Lipinski definition) is 2. The highest BCUT2D eigenvalue weighted by molar-refractivity contribution is 5.83. The van der Waals surface area contributed by atoms with E-state index in [0.29, 0.717) is 26.1 Å². The predicted octanol–water partition coefficient (Wildman–Crippen LogP) is -0.229. The van der Waals surface area contributed by atoms with Gasteiger partial charge in [0.2, 0.25) is 5.91 Å². The molecular formula is C10H17NO5. The molecule has 1 rings (SSSR count). The molecule has 0 bridgehead atoms. The van der Waals surface area contributed by atoms with Gasteiger partial charge in [-0.25, -0.2) is 4.79 Å². The number of carboxylic acid groups (broad SMARTS) is 1. The molecule has 0 aromatic carbocycles. The van der Waals surface area contributed by atoms with E-state index >= 15 is 0 Å². The molecule has 6 nitrogen and oxygen atoms in total. The van der Waals surface area contributed by atoms with Gasteiger partial charge < -0.3 is 19.9 Å². The second-order valence-electron chi connectivity index (χ2n) is 3.85. The van der Waals surface area contributed by atoms with Crippen LogP contribution in [0.4, 0.5) is 0 Å². The van der Waals surface area contributed by atoms with Crippen LogP contribution in [0.5, 0.6) is 0 Å². The quantitative estimate of drug-likeness (QED) is 0.698. The lowest BCUT2D eigenvalue weighted by Crippen LogP contribution is -2.59. The van der Waals surface area contributed by atoms with Gasteiger partial charge in [0, 0.05) is 40.1 Å². The van der Waals surface area contributed by atoms with Gasteiger partial charge in [0.25, 0.3) is 0 Å². The average Bonchev–Trinajstić information content (AvgIpc) is 2.26. The Morgan fingerprint density at radius 1 is 1.44 bits per heavy atom. The molecule has 92 valence electrons. The lowest BCUT2D eigenvalue weighted by Gasteiger charge is -2.40. The maximum Gasteiger partial charge on any atom is 0.329 e. The Morgan fingerprint density at radius 2 is 2.00 bits per heavy atom. The molecule has 16 heavy (non-hydrogen) atoms. The van der Waals surface area contributed by atoms with E-state index in [1.54, 1.807) is 0 Å². The van der Waals surface area contributed by atoms with Gasteiger partial charge in [-0.3, -0.25) is 4.79 Å². The minimum atomic E-state index is -1.08. The first kappa shape index (κ1) is 12.9. The molecule has 1 fully saturated rings. The third kappa shape index (κ3) is 2.70. The summed E-state index contributed by atoms with van der Waals surface area (Å²) in [5, 5.41) is 11.6. The summed E-state index contributed by atoms with van der Waals surface area (Å²) < 4.78 is 10.5. The number of nitrogens with one attached hydrogen (secondary N) is 1. The first-order chi connectivity index (χ1) is 7.52. The van der Waals surface area contributed by atoms with Crippen molar-refractivity contribution in [2.45, 2.75) is 31.4 Å². The number of hydrogen-bond acceptors (Lipinski definition) is 4. The molecule has 2 N–H and O–H groups in total. The molecule has 1 aliphatic rings. The fourth-order valence-electron chi connectivity index (χ4n) is 1.95. The van der Waals surface area contributed by atoms with Crippen molar-refractivity contribution >= 4 is 11.9 Å². The molecule has 0 aliphatic carbocycles. The monoisotopic (exact) mass is 231 g/mol. The molecule has 1 atom stereocenters. The molecule has 0 saturated carbocycles. The number of methoxy groups -OCH3 is 1. The zero-order chi connectivity index (χ0) is 12.2. The van der Waals surface area contributed by atoms with Crippen LogP contribution in [-0.2, 0) is 19.1 Å². The zero-order valence-corrected chi connectivity index (χ0v) is 9.49. The van der Waals surface area contributed by atoms with E-state index in [4.69, 9.17) is 14.6 Å². The second-order valence-corrected chi connectivity index (χ2v) is 3.85. The molecule has 1 unspecified atom stereocenters. The van der Waals surface area contributed by atoms with Gasteiger partial charge in [-0.1, -0.05) is 0 Å². The van der Waals surface area contributed by atoms with Crippen LogP contribution < -0.4 is 5.32 Å². The van der Waals surface area contributed by atoms with Crippen molar-refractivity contribution in [1.29, 1.82) is 0 Å². The first-order valence-electron chi connectivity index (χ1n) is 5.14. The van der Waals surface area contributed by atoms with Gasteiger partial charge in [-0.05, 0) is 0 Å². The summed E-state index contributed by atoms with van der Waals surface area (Å²) in [6.07, 6.45) is 0.918. The van der Waals surface area contributed by atoms with Crippen LogP contribution in [-0.4, -0.2) is 48.9 Å². The Bertz CT molecular complexity index is 272. The fraction of sp³-hybridized carbons (Fsp3) is 0.800. The van der Waals surface area contributed by atoms with Gasteiger partial charge in [0.05, 0.1) is 0 Å². The summed E-state index contributed by atoms with van der Waals surface area (Å²) >= 11 is 0. The van der Waals surface area contributed by atoms with E-state index in [1.165, 1.54) is 14.0 Å². The van der Waals surface area contributed by atoms with E-state index in [2.05, 4.69) is 5.32 Å². The number of carbonyl (C=O) groups excluding carboxylic acids is 1. The van der Waals surface area contributed by atoms with E-state index < -0.39 is 17.6 Å². The highest BCUT2D eigenvalue weighted by Crippen LogP contribution is 2.28. The first-order valence-corrected chi connectivity index (χ1v) is 5.14. The Balaban J connectivity index is 2.87. The lowest BCUT2D eigenvalue weighted by molar-refractivity contribution is -0.161. The molecule has 0 aromatic heterocycles. The van der Waals surface area contributed by atoms with Crippen LogP contribution in [0, 0.1) is 0 Å².